The lowest BCUT2D eigenvalue weighted by atomic mass is 10.1. The van der Waals surface area contributed by atoms with Crippen LogP contribution in [0.15, 0.2) is 53.4 Å². The summed E-state index contributed by atoms with van der Waals surface area (Å²) < 4.78 is 0. The zero-order valence-corrected chi connectivity index (χ0v) is 17.0. The number of anilines is 2. The number of thioether (sulfide) groups is 1. The maximum absolute atomic E-state index is 12.8. The smallest absolute Gasteiger partial charge is 0.251 e. The second-order valence-corrected chi connectivity index (χ2v) is 8.96. The van der Waals surface area contributed by atoms with E-state index in [2.05, 4.69) is 41.5 Å². The highest BCUT2D eigenvalue weighted by molar-refractivity contribution is 8.00. The Hall–Kier alpha value is -2.47. The molecule has 0 radical (unpaired) electrons. The van der Waals surface area contributed by atoms with Gasteiger partial charge in [0.2, 0.25) is 5.91 Å². The second kappa shape index (κ2) is 7.87. The predicted octanol–water partition coefficient (Wildman–Crippen LogP) is 3.91. The third-order valence-electron chi connectivity index (χ3n) is 5.29. The van der Waals surface area contributed by atoms with E-state index in [1.165, 1.54) is 4.90 Å². The molecule has 6 heteroatoms. The van der Waals surface area contributed by atoms with Crippen molar-refractivity contribution < 1.29 is 9.59 Å². The molecule has 1 aliphatic heterocycles. The molecule has 0 saturated heterocycles. The SMILES string of the molecule is C[C@@H]1Sc2ccccc2N(CC(=O)Nc2cccc(C(=O)NC3CC3)c2)[C@H]1C. The highest BCUT2D eigenvalue weighted by atomic mass is 32.2. The zero-order valence-electron chi connectivity index (χ0n) is 16.1. The molecule has 1 saturated carbocycles. The van der Waals surface area contributed by atoms with Crippen LogP contribution in [-0.2, 0) is 4.79 Å². The van der Waals surface area contributed by atoms with Crippen molar-refractivity contribution in [3.8, 4) is 0 Å². The van der Waals surface area contributed by atoms with Crippen molar-refractivity contribution in [2.75, 3.05) is 16.8 Å². The minimum absolute atomic E-state index is 0.0805. The van der Waals surface area contributed by atoms with Gasteiger partial charge in [-0.2, -0.15) is 0 Å². The van der Waals surface area contributed by atoms with Gasteiger partial charge >= 0.3 is 0 Å². The minimum Gasteiger partial charge on any atom is -0.357 e. The standard InChI is InChI=1S/C22H25N3O2S/c1-14-15(2)28-20-9-4-3-8-19(20)25(14)13-21(26)23-18-7-5-6-16(12-18)22(27)24-17-10-11-17/h3-9,12,14-15,17H,10-11,13H2,1-2H3,(H,23,26)(H,24,27)/t14-,15-/m0/s1. The van der Waals surface area contributed by atoms with Crippen LogP contribution in [0, 0.1) is 0 Å². The summed E-state index contributed by atoms with van der Waals surface area (Å²) in [5.74, 6) is -0.163. The molecule has 2 aromatic rings. The van der Waals surface area contributed by atoms with Gasteiger partial charge < -0.3 is 15.5 Å². The lowest BCUT2D eigenvalue weighted by Crippen LogP contribution is -2.46. The van der Waals surface area contributed by atoms with Gasteiger partial charge in [-0.15, -0.1) is 11.8 Å². The fourth-order valence-electron chi connectivity index (χ4n) is 3.38. The fraction of sp³-hybridized carbons (Fsp3) is 0.364. The number of rotatable bonds is 5. The van der Waals surface area contributed by atoms with E-state index in [4.69, 9.17) is 0 Å². The number of carbonyl (C=O) groups excluding carboxylic acids is 2. The van der Waals surface area contributed by atoms with Crippen LogP contribution in [0.5, 0.6) is 0 Å². The lowest BCUT2D eigenvalue weighted by Gasteiger charge is -2.39. The van der Waals surface area contributed by atoms with Gasteiger partial charge in [0.05, 0.1) is 12.2 Å². The van der Waals surface area contributed by atoms with Crippen molar-refractivity contribution >= 4 is 35.0 Å². The van der Waals surface area contributed by atoms with Gasteiger partial charge in [-0.25, -0.2) is 0 Å². The van der Waals surface area contributed by atoms with Crippen LogP contribution in [0.2, 0.25) is 0 Å². The molecule has 2 aliphatic rings. The Bertz CT molecular complexity index is 897. The summed E-state index contributed by atoms with van der Waals surface area (Å²) in [6, 6.07) is 15.9. The largest absolute Gasteiger partial charge is 0.357 e. The number of nitrogens with zero attached hydrogens (tertiary/aromatic N) is 1. The Morgan fingerprint density at radius 3 is 2.68 bits per heavy atom. The third kappa shape index (κ3) is 4.17. The number of para-hydroxylation sites is 1. The van der Waals surface area contributed by atoms with Crippen molar-refractivity contribution in [3.05, 3.63) is 54.1 Å². The fourth-order valence-corrected chi connectivity index (χ4v) is 4.59. The van der Waals surface area contributed by atoms with Crippen molar-refractivity contribution in [2.45, 2.75) is 48.9 Å². The van der Waals surface area contributed by atoms with Crippen LogP contribution in [0.25, 0.3) is 0 Å². The summed E-state index contributed by atoms with van der Waals surface area (Å²) in [6.07, 6.45) is 2.10. The highest BCUT2D eigenvalue weighted by Crippen LogP contribution is 2.41. The molecular weight excluding hydrogens is 370 g/mol. The molecule has 4 rings (SSSR count). The van der Waals surface area contributed by atoms with E-state index in [1.807, 2.05) is 30.0 Å². The molecule has 1 heterocycles. The molecule has 1 aliphatic carbocycles. The second-order valence-electron chi connectivity index (χ2n) is 7.54. The Morgan fingerprint density at radius 2 is 1.89 bits per heavy atom. The highest BCUT2D eigenvalue weighted by Gasteiger charge is 2.30. The van der Waals surface area contributed by atoms with E-state index in [-0.39, 0.29) is 24.4 Å². The van der Waals surface area contributed by atoms with E-state index >= 15 is 0 Å². The monoisotopic (exact) mass is 395 g/mol. The number of carbonyl (C=O) groups is 2. The van der Waals surface area contributed by atoms with Crippen molar-refractivity contribution in [1.82, 2.24) is 5.32 Å². The molecule has 0 bridgehead atoms. The van der Waals surface area contributed by atoms with Crippen molar-refractivity contribution in [3.63, 3.8) is 0 Å². The molecule has 5 nitrogen and oxygen atoms in total. The molecule has 1 fully saturated rings. The Balaban J connectivity index is 1.45. The maximum Gasteiger partial charge on any atom is 0.251 e. The summed E-state index contributed by atoms with van der Waals surface area (Å²) in [7, 11) is 0. The number of fused-ring (bicyclic) bond motifs is 1. The first-order valence-electron chi connectivity index (χ1n) is 9.74. The Morgan fingerprint density at radius 1 is 1.11 bits per heavy atom. The van der Waals surface area contributed by atoms with Gasteiger partial charge in [0.1, 0.15) is 0 Å². The van der Waals surface area contributed by atoms with Gasteiger partial charge in [-0.3, -0.25) is 9.59 Å². The average Bonchev–Trinajstić information content (AvgIpc) is 3.49. The minimum atomic E-state index is -0.0829. The molecule has 2 atom stereocenters. The first kappa shape index (κ1) is 18.9. The summed E-state index contributed by atoms with van der Waals surface area (Å²) >= 11 is 1.85. The van der Waals surface area contributed by atoms with Crippen LogP contribution in [0.3, 0.4) is 0 Å². The van der Waals surface area contributed by atoms with Crippen molar-refractivity contribution in [1.29, 1.82) is 0 Å². The van der Waals surface area contributed by atoms with Gasteiger partial charge in [0, 0.05) is 33.5 Å². The summed E-state index contributed by atoms with van der Waals surface area (Å²) in [5.41, 5.74) is 2.33. The zero-order chi connectivity index (χ0) is 19.7. The topological polar surface area (TPSA) is 61.4 Å². The Kier molecular flexibility index (Phi) is 5.31. The van der Waals surface area contributed by atoms with E-state index < -0.39 is 0 Å². The van der Waals surface area contributed by atoms with E-state index in [0.29, 0.717) is 22.5 Å². The summed E-state index contributed by atoms with van der Waals surface area (Å²) in [5, 5.41) is 6.33. The quantitative estimate of drug-likeness (QED) is 0.806. The predicted molar refractivity (Wildman–Crippen MR) is 114 cm³/mol. The number of amides is 2. The lowest BCUT2D eigenvalue weighted by molar-refractivity contribution is -0.115. The molecule has 2 N–H and O–H groups in total. The maximum atomic E-state index is 12.8. The number of hydrogen-bond donors (Lipinski definition) is 2. The molecule has 146 valence electrons. The Labute approximate surface area is 169 Å². The van der Waals surface area contributed by atoms with Crippen LogP contribution in [-0.4, -0.2) is 35.7 Å². The van der Waals surface area contributed by atoms with Gasteiger partial charge in [-0.05, 0) is 50.1 Å². The van der Waals surface area contributed by atoms with Crippen LogP contribution in [0.4, 0.5) is 11.4 Å². The molecule has 0 aromatic heterocycles. The van der Waals surface area contributed by atoms with E-state index in [0.717, 1.165) is 18.5 Å². The van der Waals surface area contributed by atoms with E-state index in [9.17, 15) is 9.59 Å². The van der Waals surface area contributed by atoms with Gasteiger partial charge in [0.25, 0.3) is 5.91 Å². The first-order chi connectivity index (χ1) is 13.5. The van der Waals surface area contributed by atoms with Crippen molar-refractivity contribution in [2.24, 2.45) is 0 Å². The molecule has 0 spiro atoms. The van der Waals surface area contributed by atoms with Gasteiger partial charge in [0.15, 0.2) is 0 Å². The summed E-state index contributed by atoms with van der Waals surface area (Å²) in [4.78, 5) is 28.4. The molecule has 2 amide bonds. The van der Waals surface area contributed by atoms with Crippen LogP contribution < -0.4 is 15.5 Å². The van der Waals surface area contributed by atoms with Crippen LogP contribution >= 0.6 is 11.8 Å². The molecule has 0 unspecified atom stereocenters. The molecular formula is C22H25N3O2S. The summed E-state index contributed by atoms with van der Waals surface area (Å²) in [6.45, 7) is 4.63. The van der Waals surface area contributed by atoms with Crippen LogP contribution in [0.1, 0.15) is 37.0 Å². The first-order valence-corrected chi connectivity index (χ1v) is 10.6. The van der Waals surface area contributed by atoms with Gasteiger partial charge in [-0.1, -0.05) is 25.1 Å². The molecule has 28 heavy (non-hydrogen) atoms. The van der Waals surface area contributed by atoms with E-state index in [1.54, 1.807) is 18.2 Å². The normalized spacial score (nSPS) is 21.0. The molecule has 2 aromatic carbocycles. The average molecular weight is 396 g/mol. The number of benzene rings is 2. The number of nitrogens with one attached hydrogen (secondary N) is 2. The number of hydrogen-bond acceptors (Lipinski definition) is 4. The third-order valence-corrected chi connectivity index (χ3v) is 6.66.